The fraction of sp³-hybridized carbons (Fsp3) is 0.420. The Kier molecular flexibility index (Phi) is 18.4. The number of alkyl halides is 3. The number of hydroxylamine groups is 1. The van der Waals surface area contributed by atoms with Gasteiger partial charge in [0, 0.05) is 65.1 Å². The van der Waals surface area contributed by atoms with Crippen molar-refractivity contribution in [2.24, 2.45) is 10.2 Å². The first-order chi connectivity index (χ1) is 33.2. The number of carbonyl (C=O) groups is 6. The fourth-order valence-electron chi connectivity index (χ4n) is 8.88. The molecule has 0 saturated carbocycles. The van der Waals surface area contributed by atoms with Crippen molar-refractivity contribution in [3.8, 4) is 0 Å². The third-order valence-electron chi connectivity index (χ3n) is 12.8. The van der Waals surface area contributed by atoms with Crippen LogP contribution in [0.2, 0.25) is 0 Å². The molecule has 3 aromatic carbocycles. The molecule has 17 nitrogen and oxygen atoms in total. The quantitative estimate of drug-likeness (QED) is 0.0259. The molecule has 0 radical (unpaired) electrons. The predicted octanol–water partition coefficient (Wildman–Crippen LogP) is 2.22. The second kappa shape index (κ2) is 23.6. The fourth-order valence-corrected chi connectivity index (χ4v) is 8.88. The van der Waals surface area contributed by atoms with Crippen molar-refractivity contribution in [2.75, 3.05) is 44.7 Å². The number of amides is 6. The van der Waals surface area contributed by atoms with Crippen LogP contribution in [-0.4, -0.2) is 103 Å². The standard InChI is InChI=1S/C50H59F3N10O7.HI/c1-47(2)34-15-6-8-18-37(34)62(5)39(47)20-14-21-40-48(3,4)35-16-7-9-19-38(35)63(40)28-13-11-22-41(64)54-27-12-10-17-36(46(69)57-30-43(66)55-29-42(65)56-31-44(67)59-70)58-45(68)32-23-25-33(26-24-32)49(60-61-49)50(51,52)53;/h6-9,14-16,18-21,23-26,36H,10-13,17,22,27-31H2,1-5H3,(H6-,54,55,56,57,58,59,60,61,64,65,66,67,68,69,70);1H/t36-;/m0./s1. The lowest BCUT2D eigenvalue weighted by Gasteiger charge is -2.27. The molecule has 0 fully saturated rings. The van der Waals surface area contributed by atoms with Gasteiger partial charge in [0.25, 0.3) is 11.8 Å². The van der Waals surface area contributed by atoms with Gasteiger partial charge in [0.15, 0.2) is 5.71 Å². The predicted molar refractivity (Wildman–Crippen MR) is 254 cm³/mol. The van der Waals surface area contributed by atoms with Gasteiger partial charge in [-0.25, -0.2) is 5.48 Å². The highest BCUT2D eigenvalue weighted by molar-refractivity contribution is 6.03. The summed E-state index contributed by atoms with van der Waals surface area (Å²) in [4.78, 5) is 77.2. The number of nitrogens with zero attached hydrogens (tertiary/aromatic N) is 4. The third kappa shape index (κ3) is 13.1. The van der Waals surface area contributed by atoms with Gasteiger partial charge in [-0.3, -0.25) is 34.0 Å². The van der Waals surface area contributed by atoms with Crippen LogP contribution >= 0.6 is 0 Å². The van der Waals surface area contributed by atoms with Gasteiger partial charge in [-0.2, -0.15) is 17.7 Å². The molecular formula is C50H60F3IN10O7. The number of rotatable bonds is 22. The molecule has 3 aliphatic rings. The van der Waals surface area contributed by atoms with Gasteiger partial charge in [0.05, 0.1) is 25.0 Å². The summed E-state index contributed by atoms with van der Waals surface area (Å²) in [6.07, 6.45) is 4.31. The van der Waals surface area contributed by atoms with E-state index in [1.807, 2.05) is 6.07 Å². The van der Waals surface area contributed by atoms with Gasteiger partial charge >= 0.3 is 11.8 Å². The molecule has 71 heavy (non-hydrogen) atoms. The molecule has 0 bridgehead atoms. The van der Waals surface area contributed by atoms with Crippen LogP contribution in [0, 0.1) is 0 Å². The molecule has 6 rings (SSSR count). The lowest BCUT2D eigenvalue weighted by Crippen LogP contribution is -3.00. The van der Waals surface area contributed by atoms with Crippen LogP contribution in [0.3, 0.4) is 0 Å². The molecule has 0 unspecified atom stereocenters. The van der Waals surface area contributed by atoms with Crippen LogP contribution in [-0.2, 0) is 40.5 Å². The minimum absolute atomic E-state index is 0. The maximum atomic E-state index is 13.5. The summed E-state index contributed by atoms with van der Waals surface area (Å²) >= 11 is 0. The Balaban J connectivity index is 0.00000937. The number of hydrogen-bond donors (Lipinski definition) is 7. The number of halogens is 4. The first kappa shape index (κ1) is 55.4. The highest BCUT2D eigenvalue weighted by atomic mass is 127. The number of fused-ring (bicyclic) bond motifs is 2. The van der Waals surface area contributed by atoms with Crippen molar-refractivity contribution < 1.29 is 75.7 Å². The van der Waals surface area contributed by atoms with Crippen LogP contribution in [0.1, 0.15) is 93.3 Å². The highest BCUT2D eigenvalue weighted by Gasteiger charge is 2.65. The average Bonchev–Trinajstić information content (AvgIpc) is 4.10. The summed E-state index contributed by atoms with van der Waals surface area (Å²) in [5.41, 5.74) is 5.19. The third-order valence-corrected chi connectivity index (χ3v) is 12.8. The summed E-state index contributed by atoms with van der Waals surface area (Å²) in [5, 5.41) is 27.2. The Morgan fingerprint density at radius 2 is 1.37 bits per heavy atom. The molecule has 3 aromatic rings. The Hall–Kier alpha value is -6.49. The van der Waals surface area contributed by atoms with Crippen molar-refractivity contribution in [3.63, 3.8) is 0 Å². The smallest absolute Gasteiger partial charge is 0.442 e. The normalized spacial score (nSPS) is 16.6. The Labute approximate surface area is 427 Å². The van der Waals surface area contributed by atoms with Crippen LogP contribution in [0.15, 0.2) is 107 Å². The lowest BCUT2D eigenvalue weighted by atomic mass is 9.81. The summed E-state index contributed by atoms with van der Waals surface area (Å²) in [6.45, 7) is 8.27. The molecule has 3 heterocycles. The molecule has 1 atom stereocenters. The van der Waals surface area contributed by atoms with Gasteiger partial charge < -0.3 is 55.5 Å². The highest BCUT2D eigenvalue weighted by Crippen LogP contribution is 2.52. The van der Waals surface area contributed by atoms with Crippen molar-refractivity contribution in [3.05, 3.63) is 119 Å². The Morgan fingerprint density at radius 1 is 0.746 bits per heavy atom. The average molecular weight is 1100 g/mol. The molecule has 0 aromatic heterocycles. The van der Waals surface area contributed by atoms with Crippen LogP contribution in [0.5, 0.6) is 0 Å². The van der Waals surface area contributed by atoms with Crippen LogP contribution < -0.4 is 60.9 Å². The van der Waals surface area contributed by atoms with E-state index in [0.29, 0.717) is 32.2 Å². The molecule has 0 aliphatic carbocycles. The summed E-state index contributed by atoms with van der Waals surface area (Å²) in [7, 11) is 2.10. The van der Waals surface area contributed by atoms with Gasteiger partial charge in [-0.15, -0.1) is 10.2 Å². The van der Waals surface area contributed by atoms with Crippen molar-refractivity contribution in [1.82, 2.24) is 32.1 Å². The minimum Gasteiger partial charge on any atom is -1.00 e. The number of hydrogen-bond acceptors (Lipinski definition) is 10. The van der Waals surface area contributed by atoms with Crippen LogP contribution in [0.4, 0.5) is 24.5 Å². The van der Waals surface area contributed by atoms with E-state index in [-0.39, 0.29) is 64.8 Å². The van der Waals surface area contributed by atoms with Crippen LogP contribution in [0.25, 0.3) is 0 Å². The van der Waals surface area contributed by atoms with Gasteiger partial charge in [-0.1, -0.05) is 68.5 Å². The van der Waals surface area contributed by atoms with E-state index in [9.17, 15) is 41.9 Å². The molecule has 21 heteroatoms. The van der Waals surface area contributed by atoms with E-state index in [2.05, 4.69) is 142 Å². The summed E-state index contributed by atoms with van der Waals surface area (Å²) in [6, 6.07) is 20.1. The first-order valence-electron chi connectivity index (χ1n) is 23.1. The maximum Gasteiger partial charge on any atom is 0.442 e. The Bertz CT molecular complexity index is 2610. The number of nitrogens with one attached hydrogen (secondary N) is 6. The van der Waals surface area contributed by atoms with Gasteiger partial charge in [0.2, 0.25) is 29.3 Å². The first-order valence-corrected chi connectivity index (χ1v) is 23.1. The number of unbranched alkanes of at least 4 members (excludes halogenated alkanes) is 2. The zero-order chi connectivity index (χ0) is 50.9. The maximum absolute atomic E-state index is 13.5. The monoisotopic (exact) mass is 1100 g/mol. The van der Waals surface area contributed by atoms with E-state index in [1.54, 1.807) is 0 Å². The number of para-hydroxylation sites is 2. The SMILES string of the molecule is C[N+]1=C(/C=C/C=C2/N(CCCCC(=O)NCCCC[C@H](NC(=O)c3ccc(C4(C(F)(F)F)N=N4)cc3)C(=O)NCC(=O)NCC(=O)NCC(=O)NO)c3ccccc3C2(C)C)C(C)(C)c2ccccc21.[I-]. The van der Waals surface area contributed by atoms with E-state index in [0.717, 1.165) is 36.4 Å². The summed E-state index contributed by atoms with van der Waals surface area (Å²) in [5.74, 6) is -4.06. The Morgan fingerprint density at radius 3 is 2.00 bits per heavy atom. The van der Waals surface area contributed by atoms with Crippen molar-refractivity contribution in [2.45, 2.75) is 94.9 Å². The van der Waals surface area contributed by atoms with Gasteiger partial charge in [-0.05, 0) is 75.8 Å². The second-order valence-corrected chi connectivity index (χ2v) is 18.4. The van der Waals surface area contributed by atoms with Gasteiger partial charge in [0.1, 0.15) is 13.1 Å². The minimum atomic E-state index is -4.76. The molecule has 6 amide bonds. The molecule has 380 valence electrons. The van der Waals surface area contributed by atoms with Crippen molar-refractivity contribution >= 4 is 52.5 Å². The number of allylic oxidation sites excluding steroid dienone is 4. The second-order valence-electron chi connectivity index (χ2n) is 18.4. The van der Waals surface area contributed by atoms with E-state index in [1.165, 1.54) is 33.7 Å². The largest absolute Gasteiger partial charge is 1.00 e. The van der Waals surface area contributed by atoms with E-state index < -0.39 is 67.1 Å². The number of benzene rings is 3. The topological polar surface area (TPSA) is 226 Å². The number of anilines is 1. The van der Waals surface area contributed by atoms with E-state index in [4.69, 9.17) is 5.21 Å². The molecule has 0 spiro atoms. The zero-order valence-corrected chi connectivity index (χ0v) is 42.4. The van der Waals surface area contributed by atoms with Crippen molar-refractivity contribution in [1.29, 1.82) is 0 Å². The lowest BCUT2D eigenvalue weighted by molar-refractivity contribution is -0.401. The number of carbonyl (C=O) groups excluding carboxylic acids is 6. The molecule has 7 N–H and O–H groups in total. The molecule has 0 saturated heterocycles. The molecule has 3 aliphatic heterocycles. The summed E-state index contributed by atoms with van der Waals surface area (Å²) < 4.78 is 42.8. The zero-order valence-electron chi connectivity index (χ0n) is 40.2. The van der Waals surface area contributed by atoms with E-state index >= 15 is 0 Å². The molecular weight excluding hydrogens is 1040 g/mol.